The molecule has 2 rings (SSSR count). The third kappa shape index (κ3) is 3.11. The molecular formula is C14H15ClN2O2S. The fourth-order valence-corrected chi connectivity index (χ4v) is 3.08. The van der Waals surface area contributed by atoms with E-state index in [0.717, 1.165) is 15.6 Å². The number of hydrogen-bond acceptors (Lipinski definition) is 4. The van der Waals surface area contributed by atoms with Crippen molar-refractivity contribution in [2.75, 3.05) is 0 Å². The Kier molecular flexibility index (Phi) is 4.30. The summed E-state index contributed by atoms with van der Waals surface area (Å²) in [6.07, 6.45) is 0. The molecule has 20 heavy (non-hydrogen) atoms. The Morgan fingerprint density at radius 2 is 2.15 bits per heavy atom. The van der Waals surface area contributed by atoms with Crippen LogP contribution in [-0.4, -0.2) is 16.0 Å². The lowest BCUT2D eigenvalue weighted by molar-refractivity contribution is 0.0938. The quantitative estimate of drug-likeness (QED) is 0.910. The number of aryl methyl sites for hydroxylation is 2. The van der Waals surface area contributed by atoms with Crippen molar-refractivity contribution < 1.29 is 9.90 Å². The number of phenols is 1. The Morgan fingerprint density at radius 3 is 2.70 bits per heavy atom. The number of thiazole rings is 1. The first-order valence-electron chi connectivity index (χ1n) is 6.11. The van der Waals surface area contributed by atoms with Crippen molar-refractivity contribution in [2.45, 2.75) is 26.8 Å². The Morgan fingerprint density at radius 1 is 1.45 bits per heavy atom. The molecule has 106 valence electrons. The van der Waals surface area contributed by atoms with Gasteiger partial charge in [0.05, 0.1) is 22.3 Å². The van der Waals surface area contributed by atoms with Crippen molar-refractivity contribution >= 4 is 28.8 Å². The number of nitrogens with one attached hydrogen (secondary N) is 1. The van der Waals surface area contributed by atoms with Crippen LogP contribution in [0.1, 0.15) is 38.9 Å². The van der Waals surface area contributed by atoms with E-state index in [1.165, 1.54) is 12.1 Å². The average molecular weight is 311 g/mol. The number of benzene rings is 1. The maximum Gasteiger partial charge on any atom is 0.255 e. The largest absolute Gasteiger partial charge is 0.507 e. The summed E-state index contributed by atoms with van der Waals surface area (Å²) in [4.78, 5) is 17.5. The van der Waals surface area contributed by atoms with Crippen LogP contribution < -0.4 is 5.32 Å². The molecule has 2 aromatic rings. The second-order valence-electron chi connectivity index (χ2n) is 4.54. The third-order valence-corrected chi connectivity index (χ3v) is 4.38. The molecule has 0 fully saturated rings. The number of carbonyl (C=O) groups is 1. The van der Waals surface area contributed by atoms with E-state index in [-0.39, 0.29) is 23.3 Å². The molecule has 4 nitrogen and oxygen atoms in total. The van der Waals surface area contributed by atoms with Gasteiger partial charge in [0.15, 0.2) is 0 Å². The Balaban J connectivity index is 2.17. The summed E-state index contributed by atoms with van der Waals surface area (Å²) in [6.45, 7) is 5.74. The molecule has 0 aliphatic carbocycles. The van der Waals surface area contributed by atoms with E-state index in [2.05, 4.69) is 10.3 Å². The predicted molar refractivity (Wildman–Crippen MR) is 80.6 cm³/mol. The smallest absolute Gasteiger partial charge is 0.255 e. The fraction of sp³-hybridized carbons (Fsp3) is 0.286. The van der Waals surface area contributed by atoms with Crippen LogP contribution >= 0.6 is 22.9 Å². The van der Waals surface area contributed by atoms with Gasteiger partial charge in [0.1, 0.15) is 5.75 Å². The van der Waals surface area contributed by atoms with Crippen LogP contribution in [0.25, 0.3) is 0 Å². The Bertz CT molecular complexity index is 655. The van der Waals surface area contributed by atoms with Crippen LogP contribution in [0.4, 0.5) is 0 Å². The van der Waals surface area contributed by atoms with Crippen LogP contribution in [-0.2, 0) is 0 Å². The lowest BCUT2D eigenvalue weighted by Gasteiger charge is -2.13. The first-order chi connectivity index (χ1) is 9.38. The summed E-state index contributed by atoms with van der Waals surface area (Å²) in [5, 5.41) is 14.0. The maximum atomic E-state index is 12.1. The van der Waals surface area contributed by atoms with Crippen LogP contribution in [0, 0.1) is 13.8 Å². The molecule has 0 spiro atoms. The van der Waals surface area contributed by atoms with Crippen molar-refractivity contribution in [1.82, 2.24) is 10.3 Å². The van der Waals surface area contributed by atoms with Gasteiger partial charge in [0.2, 0.25) is 0 Å². The zero-order valence-electron chi connectivity index (χ0n) is 11.4. The molecule has 1 aromatic heterocycles. The minimum absolute atomic E-state index is 0.126. The molecule has 1 heterocycles. The van der Waals surface area contributed by atoms with Crippen molar-refractivity contribution in [3.05, 3.63) is 44.4 Å². The van der Waals surface area contributed by atoms with Crippen molar-refractivity contribution in [3.63, 3.8) is 0 Å². The Hall–Kier alpha value is -1.59. The molecule has 2 N–H and O–H groups in total. The number of hydrogen-bond donors (Lipinski definition) is 2. The van der Waals surface area contributed by atoms with Gasteiger partial charge in [-0.2, -0.15) is 0 Å². The third-order valence-electron chi connectivity index (χ3n) is 2.88. The van der Waals surface area contributed by atoms with Gasteiger partial charge in [-0.25, -0.2) is 4.98 Å². The van der Waals surface area contributed by atoms with Gasteiger partial charge in [0.25, 0.3) is 5.91 Å². The van der Waals surface area contributed by atoms with Gasteiger partial charge < -0.3 is 10.4 Å². The Labute approximate surface area is 126 Å². The molecule has 6 heteroatoms. The molecule has 1 aromatic carbocycles. The fourth-order valence-electron chi connectivity index (χ4n) is 1.99. The first kappa shape index (κ1) is 14.8. The van der Waals surface area contributed by atoms with Gasteiger partial charge in [-0.1, -0.05) is 11.6 Å². The van der Waals surface area contributed by atoms with E-state index in [1.807, 2.05) is 20.8 Å². The number of nitrogens with zero attached hydrogens (tertiary/aromatic N) is 1. The minimum Gasteiger partial charge on any atom is -0.507 e. The predicted octanol–water partition coefficient (Wildman–Crippen LogP) is 3.61. The topological polar surface area (TPSA) is 62.2 Å². The number of carbonyl (C=O) groups excluding carboxylic acids is 1. The highest BCUT2D eigenvalue weighted by atomic mass is 35.5. The van der Waals surface area contributed by atoms with Crippen molar-refractivity contribution in [2.24, 2.45) is 0 Å². The van der Waals surface area contributed by atoms with Gasteiger partial charge in [-0.3, -0.25) is 4.79 Å². The van der Waals surface area contributed by atoms with Crippen LogP contribution in [0.2, 0.25) is 5.02 Å². The highest BCUT2D eigenvalue weighted by Crippen LogP contribution is 2.26. The van der Waals surface area contributed by atoms with Gasteiger partial charge >= 0.3 is 0 Å². The first-order valence-corrected chi connectivity index (χ1v) is 7.31. The molecule has 1 unspecified atom stereocenters. The summed E-state index contributed by atoms with van der Waals surface area (Å²) in [6, 6.07) is 4.26. The van der Waals surface area contributed by atoms with Crippen LogP contribution in [0.5, 0.6) is 5.75 Å². The zero-order valence-corrected chi connectivity index (χ0v) is 13.0. The van der Waals surface area contributed by atoms with Gasteiger partial charge in [-0.15, -0.1) is 11.3 Å². The second-order valence-corrected chi connectivity index (χ2v) is 6.21. The molecule has 0 saturated carbocycles. The standard InChI is InChI=1S/C14H15ClN2O2S/c1-7-13(20-9(3)16-7)8(2)17-14(19)11-5-4-10(15)6-12(11)18/h4-6,8,18H,1-3H3,(H,17,19). The highest BCUT2D eigenvalue weighted by Gasteiger charge is 2.18. The number of phenolic OH excluding ortho intramolecular Hbond substituents is 1. The molecular weight excluding hydrogens is 296 g/mol. The summed E-state index contributed by atoms with van der Waals surface area (Å²) >= 11 is 7.31. The monoisotopic (exact) mass is 310 g/mol. The molecule has 0 aliphatic rings. The number of aromatic nitrogens is 1. The molecule has 1 atom stereocenters. The average Bonchev–Trinajstić information content (AvgIpc) is 2.68. The normalized spacial score (nSPS) is 12.2. The van der Waals surface area contributed by atoms with Crippen LogP contribution in [0.15, 0.2) is 18.2 Å². The van der Waals surface area contributed by atoms with Crippen molar-refractivity contribution in [3.8, 4) is 5.75 Å². The zero-order chi connectivity index (χ0) is 14.9. The lowest BCUT2D eigenvalue weighted by Crippen LogP contribution is -2.26. The summed E-state index contributed by atoms with van der Waals surface area (Å²) in [5.41, 5.74) is 1.13. The number of aromatic hydroxyl groups is 1. The van der Waals surface area contributed by atoms with Gasteiger partial charge in [-0.05, 0) is 39.0 Å². The second kappa shape index (κ2) is 5.81. The summed E-state index contributed by atoms with van der Waals surface area (Å²) < 4.78 is 0. The molecule has 0 bridgehead atoms. The highest BCUT2D eigenvalue weighted by molar-refractivity contribution is 7.11. The molecule has 0 aliphatic heterocycles. The summed E-state index contributed by atoms with van der Waals surface area (Å²) in [7, 11) is 0. The number of rotatable bonds is 3. The molecule has 1 amide bonds. The number of halogens is 1. The minimum atomic E-state index is -0.336. The van der Waals surface area contributed by atoms with E-state index in [4.69, 9.17) is 11.6 Å². The summed E-state index contributed by atoms with van der Waals surface area (Å²) in [5.74, 6) is -0.462. The lowest BCUT2D eigenvalue weighted by atomic mass is 10.1. The van der Waals surface area contributed by atoms with E-state index >= 15 is 0 Å². The number of amides is 1. The molecule has 0 radical (unpaired) electrons. The maximum absolute atomic E-state index is 12.1. The van der Waals surface area contributed by atoms with Crippen molar-refractivity contribution in [1.29, 1.82) is 0 Å². The van der Waals surface area contributed by atoms with Gasteiger partial charge in [0, 0.05) is 9.90 Å². The van der Waals surface area contributed by atoms with Crippen LogP contribution in [0.3, 0.4) is 0 Å². The SMILES string of the molecule is Cc1nc(C)c(C(C)NC(=O)c2ccc(Cl)cc2O)s1. The van der Waals surface area contributed by atoms with E-state index in [0.29, 0.717) is 5.02 Å². The van der Waals surface area contributed by atoms with E-state index < -0.39 is 0 Å². The van der Waals surface area contributed by atoms with E-state index in [1.54, 1.807) is 17.4 Å². The van der Waals surface area contributed by atoms with E-state index in [9.17, 15) is 9.90 Å². The molecule has 0 saturated heterocycles.